The number of amides is 1. The third-order valence-electron chi connectivity index (χ3n) is 4.40. The molecule has 22 heavy (non-hydrogen) atoms. The molecule has 1 aliphatic rings. The Morgan fingerprint density at radius 2 is 2.09 bits per heavy atom. The number of hydrogen-bond donors (Lipinski definition) is 2. The van der Waals surface area contributed by atoms with Gasteiger partial charge in [0.15, 0.2) is 0 Å². The predicted molar refractivity (Wildman–Crippen MR) is 88.3 cm³/mol. The van der Waals surface area contributed by atoms with Crippen LogP contribution in [0.3, 0.4) is 0 Å². The first kappa shape index (κ1) is 17.0. The topological polar surface area (TPSA) is 52.6 Å². The van der Waals surface area contributed by atoms with Crippen molar-refractivity contribution in [3.8, 4) is 0 Å². The summed E-state index contributed by atoms with van der Waals surface area (Å²) in [5.41, 5.74) is 1.25. The summed E-state index contributed by atoms with van der Waals surface area (Å²) in [6.45, 7) is 6.33. The smallest absolute Gasteiger partial charge is 0.237 e. The molecule has 2 atom stereocenters. The molecule has 0 aromatic heterocycles. The summed E-state index contributed by atoms with van der Waals surface area (Å²) in [7, 11) is 0. The van der Waals surface area contributed by atoms with E-state index in [-0.39, 0.29) is 24.0 Å². The fourth-order valence-corrected chi connectivity index (χ4v) is 2.92. The molecule has 4 nitrogen and oxygen atoms in total. The molecule has 2 unspecified atom stereocenters. The third kappa shape index (κ3) is 4.82. The van der Waals surface area contributed by atoms with Gasteiger partial charge in [-0.15, -0.1) is 0 Å². The third-order valence-corrected chi connectivity index (χ3v) is 4.40. The monoisotopic (exact) mass is 304 g/mol. The van der Waals surface area contributed by atoms with E-state index in [0.29, 0.717) is 13.0 Å². The summed E-state index contributed by atoms with van der Waals surface area (Å²) in [4.78, 5) is 14.6. The van der Waals surface area contributed by atoms with Crippen molar-refractivity contribution in [2.24, 2.45) is 5.92 Å². The van der Waals surface area contributed by atoms with Crippen molar-refractivity contribution >= 4 is 5.91 Å². The van der Waals surface area contributed by atoms with Gasteiger partial charge in [0, 0.05) is 13.1 Å². The number of benzene rings is 1. The average molecular weight is 304 g/mol. The van der Waals surface area contributed by atoms with E-state index in [1.807, 2.05) is 32.0 Å². The standard InChI is InChI=1S/C18H28N2O2/c1-14(2)17(21)10-11-19-18(22)16-9-6-12-20(16)13-15-7-4-3-5-8-15/h3-5,7-8,14,16-17,21H,6,9-13H2,1-2H3,(H,19,22). The minimum atomic E-state index is -0.343. The highest BCUT2D eigenvalue weighted by Crippen LogP contribution is 2.20. The second-order valence-corrected chi connectivity index (χ2v) is 6.51. The Labute approximate surface area is 133 Å². The molecule has 4 heteroatoms. The van der Waals surface area contributed by atoms with Crippen LogP contribution in [0.15, 0.2) is 30.3 Å². The minimum absolute atomic E-state index is 0.0311. The molecule has 122 valence electrons. The van der Waals surface area contributed by atoms with Gasteiger partial charge >= 0.3 is 0 Å². The zero-order valence-electron chi connectivity index (χ0n) is 13.7. The summed E-state index contributed by atoms with van der Waals surface area (Å²) in [6, 6.07) is 10.3. The molecular weight excluding hydrogens is 276 g/mol. The summed E-state index contributed by atoms with van der Waals surface area (Å²) in [6.07, 6.45) is 2.27. The molecule has 1 heterocycles. The van der Waals surface area contributed by atoms with E-state index in [0.717, 1.165) is 25.9 Å². The second kappa shape index (κ2) is 8.30. The zero-order chi connectivity index (χ0) is 15.9. The van der Waals surface area contributed by atoms with Crippen LogP contribution in [0.25, 0.3) is 0 Å². The van der Waals surface area contributed by atoms with Crippen molar-refractivity contribution in [3.05, 3.63) is 35.9 Å². The molecule has 1 aromatic carbocycles. The van der Waals surface area contributed by atoms with Crippen LogP contribution in [0.1, 0.15) is 38.7 Å². The first-order valence-electron chi connectivity index (χ1n) is 8.31. The number of carbonyl (C=O) groups excluding carboxylic acids is 1. The van der Waals surface area contributed by atoms with Crippen LogP contribution in [-0.4, -0.2) is 41.1 Å². The molecule has 0 bridgehead atoms. The van der Waals surface area contributed by atoms with E-state index >= 15 is 0 Å². The molecule has 0 saturated carbocycles. The predicted octanol–water partition coefficient (Wildman–Crippen LogP) is 2.17. The second-order valence-electron chi connectivity index (χ2n) is 6.51. The van der Waals surface area contributed by atoms with Crippen LogP contribution in [-0.2, 0) is 11.3 Å². The lowest BCUT2D eigenvalue weighted by molar-refractivity contribution is -0.125. The van der Waals surface area contributed by atoms with Crippen molar-refractivity contribution in [1.29, 1.82) is 0 Å². The molecule has 0 radical (unpaired) electrons. The van der Waals surface area contributed by atoms with E-state index in [4.69, 9.17) is 0 Å². The molecule has 1 aliphatic heterocycles. The molecule has 0 spiro atoms. The largest absolute Gasteiger partial charge is 0.393 e. The van der Waals surface area contributed by atoms with E-state index in [1.165, 1.54) is 5.56 Å². The van der Waals surface area contributed by atoms with Crippen molar-refractivity contribution in [1.82, 2.24) is 10.2 Å². The highest BCUT2D eigenvalue weighted by atomic mass is 16.3. The Hall–Kier alpha value is -1.39. The van der Waals surface area contributed by atoms with Gasteiger partial charge in [0.1, 0.15) is 0 Å². The number of nitrogens with zero attached hydrogens (tertiary/aromatic N) is 1. The molecule has 1 aromatic rings. The van der Waals surface area contributed by atoms with Crippen LogP contribution in [0, 0.1) is 5.92 Å². The number of aliphatic hydroxyl groups is 1. The lowest BCUT2D eigenvalue weighted by atomic mass is 10.0. The Morgan fingerprint density at radius 3 is 2.77 bits per heavy atom. The normalized spacial score (nSPS) is 20.3. The van der Waals surface area contributed by atoms with Gasteiger partial charge < -0.3 is 10.4 Å². The number of rotatable bonds is 7. The van der Waals surface area contributed by atoms with E-state index in [9.17, 15) is 9.90 Å². The zero-order valence-corrected chi connectivity index (χ0v) is 13.7. The number of nitrogens with one attached hydrogen (secondary N) is 1. The van der Waals surface area contributed by atoms with Crippen molar-refractivity contribution in [2.75, 3.05) is 13.1 Å². The SMILES string of the molecule is CC(C)C(O)CCNC(=O)C1CCCN1Cc1ccccc1. The quantitative estimate of drug-likeness (QED) is 0.812. The summed E-state index contributed by atoms with van der Waals surface area (Å²) >= 11 is 0. The number of hydrogen-bond acceptors (Lipinski definition) is 3. The Morgan fingerprint density at radius 1 is 1.36 bits per heavy atom. The Balaban J connectivity index is 1.81. The first-order valence-corrected chi connectivity index (χ1v) is 8.31. The van der Waals surface area contributed by atoms with Crippen LogP contribution >= 0.6 is 0 Å². The van der Waals surface area contributed by atoms with Gasteiger partial charge in [-0.25, -0.2) is 0 Å². The molecule has 2 rings (SSSR count). The van der Waals surface area contributed by atoms with Gasteiger partial charge in [-0.05, 0) is 37.3 Å². The molecule has 1 saturated heterocycles. The highest BCUT2D eigenvalue weighted by molar-refractivity contribution is 5.82. The molecule has 2 N–H and O–H groups in total. The van der Waals surface area contributed by atoms with Gasteiger partial charge in [-0.3, -0.25) is 9.69 Å². The van der Waals surface area contributed by atoms with E-state index in [1.54, 1.807) is 0 Å². The van der Waals surface area contributed by atoms with Crippen LogP contribution in [0.2, 0.25) is 0 Å². The van der Waals surface area contributed by atoms with Crippen molar-refractivity contribution in [2.45, 2.75) is 51.8 Å². The highest BCUT2D eigenvalue weighted by Gasteiger charge is 2.30. The first-order chi connectivity index (χ1) is 10.6. The van der Waals surface area contributed by atoms with Gasteiger partial charge in [0.05, 0.1) is 12.1 Å². The molecule has 1 amide bonds. The fraction of sp³-hybridized carbons (Fsp3) is 0.611. The average Bonchev–Trinajstić information content (AvgIpc) is 2.96. The van der Waals surface area contributed by atoms with Crippen molar-refractivity contribution in [3.63, 3.8) is 0 Å². The summed E-state index contributed by atoms with van der Waals surface area (Å²) in [5, 5.41) is 12.8. The summed E-state index contributed by atoms with van der Waals surface area (Å²) in [5.74, 6) is 0.336. The van der Waals surface area contributed by atoms with Gasteiger partial charge in [0.25, 0.3) is 0 Å². The number of carbonyl (C=O) groups is 1. The molecule has 1 fully saturated rings. The number of aliphatic hydroxyl groups excluding tert-OH is 1. The van der Waals surface area contributed by atoms with Gasteiger partial charge in [0.2, 0.25) is 5.91 Å². The van der Waals surface area contributed by atoms with E-state index in [2.05, 4.69) is 22.3 Å². The van der Waals surface area contributed by atoms with Crippen molar-refractivity contribution < 1.29 is 9.90 Å². The van der Waals surface area contributed by atoms with Crippen LogP contribution in [0.4, 0.5) is 0 Å². The maximum absolute atomic E-state index is 12.4. The van der Waals surface area contributed by atoms with Gasteiger partial charge in [-0.2, -0.15) is 0 Å². The van der Waals surface area contributed by atoms with E-state index < -0.39 is 0 Å². The minimum Gasteiger partial charge on any atom is -0.393 e. The Kier molecular flexibility index (Phi) is 6.40. The van der Waals surface area contributed by atoms with Crippen LogP contribution in [0.5, 0.6) is 0 Å². The summed E-state index contributed by atoms with van der Waals surface area (Å²) < 4.78 is 0. The number of likely N-dealkylation sites (tertiary alicyclic amines) is 1. The lowest BCUT2D eigenvalue weighted by Crippen LogP contribution is -2.43. The maximum Gasteiger partial charge on any atom is 0.237 e. The molecular formula is C18H28N2O2. The van der Waals surface area contributed by atoms with Crippen LogP contribution < -0.4 is 5.32 Å². The molecule has 0 aliphatic carbocycles. The Bertz CT molecular complexity index is 461. The van der Waals surface area contributed by atoms with Gasteiger partial charge in [-0.1, -0.05) is 44.2 Å². The lowest BCUT2D eigenvalue weighted by Gasteiger charge is -2.24. The maximum atomic E-state index is 12.4. The fourth-order valence-electron chi connectivity index (χ4n) is 2.92.